The molecule has 80 valence electrons. The van der Waals surface area contributed by atoms with E-state index >= 15 is 0 Å². The molecule has 0 unspecified atom stereocenters. The highest BCUT2D eigenvalue weighted by Crippen LogP contribution is 2.16. The summed E-state index contributed by atoms with van der Waals surface area (Å²) in [5.74, 6) is 1.06. The number of rotatable bonds is 1. The zero-order valence-corrected chi connectivity index (χ0v) is 9.60. The maximum absolute atomic E-state index is 5.69. The van der Waals surface area contributed by atoms with E-state index in [0.29, 0.717) is 0 Å². The highest BCUT2D eigenvalue weighted by Gasteiger charge is 2.22. The Labute approximate surface area is 91.9 Å². The van der Waals surface area contributed by atoms with Crippen LogP contribution in [0.25, 0.3) is 0 Å². The monoisotopic (exact) mass is 204 g/mol. The zero-order valence-electron chi connectivity index (χ0n) is 9.60. The van der Waals surface area contributed by atoms with Gasteiger partial charge in [0.15, 0.2) is 0 Å². The van der Waals surface area contributed by atoms with Crippen molar-refractivity contribution in [2.75, 3.05) is 18.0 Å². The number of morpholine rings is 1. The van der Waals surface area contributed by atoms with Gasteiger partial charge in [0.1, 0.15) is 13.7 Å². The van der Waals surface area contributed by atoms with E-state index in [9.17, 15) is 0 Å². The summed E-state index contributed by atoms with van der Waals surface area (Å²) in [5.41, 5.74) is 1.20. The largest absolute Gasteiger partial charge is 0.372 e. The minimum absolute atomic E-state index is 0.289. The molecule has 0 aromatic carbocycles. The van der Waals surface area contributed by atoms with Crippen molar-refractivity contribution in [2.24, 2.45) is 0 Å². The SMILES string of the molecule is Bc1ccc(N2C[C@@H](C)O[C@@H](C)C2)nc1. The van der Waals surface area contributed by atoms with Crippen LogP contribution >= 0.6 is 0 Å². The molecule has 1 saturated heterocycles. The Hall–Kier alpha value is -1.03. The van der Waals surface area contributed by atoms with Gasteiger partial charge in [0.2, 0.25) is 0 Å². The highest BCUT2D eigenvalue weighted by atomic mass is 16.5. The molecule has 1 aromatic rings. The standard InChI is InChI=1S/C11H17BN2O/c1-8-6-14(7-9(2)15-8)11-4-3-10(12)5-13-11/h3-5,8-9H,6-7,12H2,1-2H3/t8-,9+. The second-order valence-corrected chi connectivity index (χ2v) is 4.36. The molecule has 1 aromatic heterocycles. The quantitative estimate of drug-likeness (QED) is 0.600. The van der Waals surface area contributed by atoms with Gasteiger partial charge in [-0.2, -0.15) is 0 Å². The molecular formula is C11H17BN2O. The number of nitrogens with zero attached hydrogens (tertiary/aromatic N) is 2. The van der Waals surface area contributed by atoms with Gasteiger partial charge in [0.05, 0.1) is 12.2 Å². The van der Waals surface area contributed by atoms with Crippen LogP contribution in [0.5, 0.6) is 0 Å². The Morgan fingerprint density at radius 2 is 2.00 bits per heavy atom. The van der Waals surface area contributed by atoms with Crippen molar-refractivity contribution in [3.63, 3.8) is 0 Å². The van der Waals surface area contributed by atoms with Crippen molar-refractivity contribution < 1.29 is 4.74 Å². The summed E-state index contributed by atoms with van der Waals surface area (Å²) in [7, 11) is 2.06. The van der Waals surface area contributed by atoms with Crippen molar-refractivity contribution in [3.8, 4) is 0 Å². The molecule has 2 atom stereocenters. The Kier molecular flexibility index (Phi) is 2.96. The summed E-state index contributed by atoms with van der Waals surface area (Å²) in [6.07, 6.45) is 2.49. The number of aromatic nitrogens is 1. The van der Waals surface area contributed by atoms with E-state index in [4.69, 9.17) is 4.74 Å². The Balaban J connectivity index is 2.12. The first kappa shape index (κ1) is 10.5. The van der Waals surface area contributed by atoms with Crippen LogP contribution in [-0.4, -0.2) is 38.1 Å². The third-order valence-corrected chi connectivity index (χ3v) is 2.64. The van der Waals surface area contributed by atoms with E-state index in [2.05, 4.69) is 43.7 Å². The molecule has 1 fully saturated rings. The summed E-state index contributed by atoms with van der Waals surface area (Å²) in [4.78, 5) is 6.73. The van der Waals surface area contributed by atoms with Gasteiger partial charge >= 0.3 is 0 Å². The number of ether oxygens (including phenoxy) is 1. The topological polar surface area (TPSA) is 25.4 Å². The molecular weight excluding hydrogens is 187 g/mol. The second-order valence-electron chi connectivity index (χ2n) is 4.36. The van der Waals surface area contributed by atoms with Crippen LogP contribution in [0.3, 0.4) is 0 Å². The van der Waals surface area contributed by atoms with Crippen molar-refractivity contribution in [1.82, 2.24) is 4.98 Å². The van der Waals surface area contributed by atoms with Crippen molar-refractivity contribution in [2.45, 2.75) is 26.1 Å². The first-order valence-corrected chi connectivity index (χ1v) is 5.48. The van der Waals surface area contributed by atoms with Crippen molar-refractivity contribution in [1.29, 1.82) is 0 Å². The lowest BCUT2D eigenvalue weighted by Gasteiger charge is -2.36. The van der Waals surface area contributed by atoms with Crippen LogP contribution in [0.2, 0.25) is 0 Å². The lowest BCUT2D eigenvalue weighted by molar-refractivity contribution is -0.00545. The minimum atomic E-state index is 0.289. The molecule has 1 aliphatic rings. The van der Waals surface area contributed by atoms with Crippen LogP contribution in [0.1, 0.15) is 13.8 Å². The number of hydrogen-bond donors (Lipinski definition) is 0. The van der Waals surface area contributed by atoms with Crippen LogP contribution in [-0.2, 0) is 4.74 Å². The predicted molar refractivity (Wildman–Crippen MR) is 64.6 cm³/mol. The number of pyridine rings is 1. The van der Waals surface area contributed by atoms with E-state index in [1.165, 1.54) is 5.46 Å². The third kappa shape index (κ3) is 2.51. The van der Waals surface area contributed by atoms with Crippen LogP contribution in [0.15, 0.2) is 18.3 Å². The average Bonchev–Trinajstić information content (AvgIpc) is 2.17. The lowest BCUT2D eigenvalue weighted by atomic mass is 9.99. The molecule has 0 saturated carbocycles. The fraction of sp³-hybridized carbons (Fsp3) is 0.545. The fourth-order valence-electron chi connectivity index (χ4n) is 2.01. The van der Waals surface area contributed by atoms with Gasteiger partial charge in [-0.15, -0.1) is 0 Å². The summed E-state index contributed by atoms with van der Waals surface area (Å²) >= 11 is 0. The Morgan fingerprint density at radius 3 is 2.53 bits per heavy atom. The van der Waals surface area contributed by atoms with Gasteiger partial charge in [-0.25, -0.2) is 4.98 Å². The van der Waals surface area contributed by atoms with E-state index < -0.39 is 0 Å². The molecule has 2 rings (SSSR count). The molecule has 0 radical (unpaired) electrons. The summed E-state index contributed by atoms with van der Waals surface area (Å²) in [6.45, 7) is 6.08. The van der Waals surface area contributed by atoms with Gasteiger partial charge < -0.3 is 9.64 Å². The van der Waals surface area contributed by atoms with E-state index in [-0.39, 0.29) is 12.2 Å². The number of hydrogen-bond acceptors (Lipinski definition) is 3. The highest BCUT2D eigenvalue weighted by molar-refractivity contribution is 6.32. The van der Waals surface area contributed by atoms with Gasteiger partial charge in [-0.1, -0.05) is 11.5 Å². The Morgan fingerprint density at radius 1 is 1.33 bits per heavy atom. The van der Waals surface area contributed by atoms with Crippen LogP contribution in [0.4, 0.5) is 5.82 Å². The third-order valence-electron chi connectivity index (χ3n) is 2.64. The molecule has 4 heteroatoms. The molecule has 0 bridgehead atoms. The number of anilines is 1. The van der Waals surface area contributed by atoms with Crippen LogP contribution in [0, 0.1) is 0 Å². The van der Waals surface area contributed by atoms with E-state index in [1.807, 2.05) is 6.20 Å². The van der Waals surface area contributed by atoms with Gasteiger partial charge in [0.25, 0.3) is 0 Å². The molecule has 0 aliphatic carbocycles. The zero-order chi connectivity index (χ0) is 10.8. The van der Waals surface area contributed by atoms with Crippen LogP contribution < -0.4 is 10.4 Å². The summed E-state index contributed by atoms with van der Waals surface area (Å²) in [6, 6.07) is 4.19. The molecule has 2 heterocycles. The molecule has 1 aliphatic heterocycles. The lowest BCUT2D eigenvalue weighted by Crippen LogP contribution is -2.45. The predicted octanol–water partition coefficient (Wildman–Crippen LogP) is -0.0464. The molecule has 3 nitrogen and oxygen atoms in total. The normalized spacial score (nSPS) is 26.7. The van der Waals surface area contributed by atoms with Crippen molar-refractivity contribution in [3.05, 3.63) is 18.3 Å². The van der Waals surface area contributed by atoms with Gasteiger partial charge in [-0.05, 0) is 19.9 Å². The van der Waals surface area contributed by atoms with Gasteiger partial charge in [0, 0.05) is 19.3 Å². The maximum atomic E-state index is 5.69. The van der Waals surface area contributed by atoms with E-state index in [1.54, 1.807) is 0 Å². The smallest absolute Gasteiger partial charge is 0.141 e. The molecule has 0 N–H and O–H groups in total. The minimum Gasteiger partial charge on any atom is -0.372 e. The molecule has 15 heavy (non-hydrogen) atoms. The second kappa shape index (κ2) is 4.23. The van der Waals surface area contributed by atoms with Gasteiger partial charge in [-0.3, -0.25) is 0 Å². The summed E-state index contributed by atoms with van der Waals surface area (Å²) in [5, 5.41) is 0. The molecule has 0 amide bonds. The van der Waals surface area contributed by atoms with E-state index in [0.717, 1.165) is 18.9 Å². The average molecular weight is 204 g/mol. The summed E-state index contributed by atoms with van der Waals surface area (Å²) < 4.78 is 5.69. The first-order chi connectivity index (χ1) is 7.15. The molecule has 0 spiro atoms. The Bertz CT molecular complexity index is 318. The maximum Gasteiger partial charge on any atom is 0.141 e. The fourth-order valence-corrected chi connectivity index (χ4v) is 2.01. The van der Waals surface area contributed by atoms with Crippen molar-refractivity contribution >= 4 is 19.1 Å². The first-order valence-electron chi connectivity index (χ1n) is 5.48.